The van der Waals surface area contributed by atoms with Gasteiger partial charge in [0.15, 0.2) is 0 Å². The number of unbranched alkanes of at least 4 members (excludes halogenated alkanes) is 37. The first kappa shape index (κ1) is 64.0. The molecule has 9 heteroatoms. The highest BCUT2D eigenvalue weighted by Crippen LogP contribution is 2.38. The summed E-state index contributed by atoms with van der Waals surface area (Å²) in [5, 5.41) is 13.9. The van der Waals surface area contributed by atoms with E-state index in [4.69, 9.17) is 9.05 Å². The molecule has 0 aliphatic rings. The molecule has 0 radical (unpaired) electrons. The highest BCUT2D eigenvalue weighted by atomic mass is 31.2. The molecule has 0 aromatic carbocycles. The van der Waals surface area contributed by atoms with Crippen LogP contribution in [0.15, 0.2) is 24.3 Å². The molecule has 8 nitrogen and oxygen atoms in total. The third-order valence-electron chi connectivity index (χ3n) is 12.9. The molecular weight excluding hydrogens is 828 g/mol. The van der Waals surface area contributed by atoms with Gasteiger partial charge in [0.2, 0.25) is 5.91 Å². The molecule has 0 saturated carbocycles. The van der Waals surface area contributed by atoms with E-state index in [9.17, 15) is 19.4 Å². The molecule has 2 N–H and O–H groups in total. The van der Waals surface area contributed by atoms with E-state index < -0.39 is 20.0 Å². The lowest BCUT2D eigenvalue weighted by Gasteiger charge is -2.29. The number of nitrogens with zero attached hydrogens (tertiary/aromatic N) is 1. The van der Waals surface area contributed by atoms with Gasteiger partial charge < -0.3 is 28.8 Å². The third-order valence-corrected chi connectivity index (χ3v) is 13.9. The minimum atomic E-state index is -4.59. The van der Waals surface area contributed by atoms with E-state index in [2.05, 4.69) is 31.3 Å². The van der Waals surface area contributed by atoms with Gasteiger partial charge in [0, 0.05) is 6.42 Å². The first-order valence-electron chi connectivity index (χ1n) is 28.2. The van der Waals surface area contributed by atoms with Gasteiger partial charge in [-0.2, -0.15) is 0 Å². The van der Waals surface area contributed by atoms with Crippen molar-refractivity contribution >= 4 is 13.7 Å². The van der Waals surface area contributed by atoms with Crippen molar-refractivity contribution in [2.75, 3.05) is 40.9 Å². The fraction of sp³-hybridized carbons (Fsp3) is 0.911. The van der Waals surface area contributed by atoms with Crippen LogP contribution in [0.2, 0.25) is 0 Å². The number of hydrogen-bond acceptors (Lipinski definition) is 6. The lowest BCUT2D eigenvalue weighted by Crippen LogP contribution is -2.45. The summed E-state index contributed by atoms with van der Waals surface area (Å²) >= 11 is 0. The van der Waals surface area contributed by atoms with Gasteiger partial charge in [-0.3, -0.25) is 9.36 Å². The number of allylic oxidation sites excluding steroid dienone is 3. The Labute approximate surface area is 404 Å². The Bertz CT molecular complexity index is 1110. The number of phosphoric acid groups is 1. The van der Waals surface area contributed by atoms with Crippen molar-refractivity contribution in [1.29, 1.82) is 0 Å². The number of rotatable bonds is 52. The fourth-order valence-corrected chi connectivity index (χ4v) is 9.17. The summed E-state index contributed by atoms with van der Waals surface area (Å²) in [6.45, 7) is 4.66. The molecule has 3 unspecified atom stereocenters. The number of aliphatic hydroxyl groups is 1. The Balaban J connectivity index is 4.12. The second-order valence-electron chi connectivity index (χ2n) is 20.6. The monoisotopic (exact) mass is 939 g/mol. The maximum Gasteiger partial charge on any atom is 0.268 e. The Morgan fingerprint density at radius 3 is 1.20 bits per heavy atom. The zero-order valence-electron chi connectivity index (χ0n) is 44.0. The van der Waals surface area contributed by atoms with Crippen LogP contribution in [0, 0.1) is 0 Å². The summed E-state index contributed by atoms with van der Waals surface area (Å²) in [5.74, 6) is -0.204. The van der Waals surface area contributed by atoms with Gasteiger partial charge in [0.25, 0.3) is 7.82 Å². The SMILES string of the molecule is CCCCCCC/C=C\CCCCCCCC(=O)NC(COP(=O)([O-])OCC[N+](C)(C)C)C(O)/C=C/CCCCCCCCCCCCCCCCCCCCCCCCCCCCC. The van der Waals surface area contributed by atoms with Gasteiger partial charge in [-0.25, -0.2) is 0 Å². The molecule has 0 bridgehead atoms. The van der Waals surface area contributed by atoms with Crippen molar-refractivity contribution in [3.05, 3.63) is 24.3 Å². The van der Waals surface area contributed by atoms with Gasteiger partial charge in [-0.05, 0) is 44.9 Å². The molecule has 386 valence electrons. The van der Waals surface area contributed by atoms with E-state index in [-0.39, 0.29) is 19.1 Å². The van der Waals surface area contributed by atoms with Crippen LogP contribution in [0.4, 0.5) is 0 Å². The van der Waals surface area contributed by atoms with Gasteiger partial charge in [0.1, 0.15) is 13.2 Å². The number of likely N-dealkylation sites (N-methyl/N-ethyl adjacent to an activating group) is 1. The molecule has 0 aliphatic heterocycles. The predicted molar refractivity (Wildman–Crippen MR) is 279 cm³/mol. The average Bonchev–Trinajstić information content (AvgIpc) is 3.26. The average molecular weight is 939 g/mol. The third kappa shape index (κ3) is 50.7. The van der Waals surface area contributed by atoms with Crippen molar-refractivity contribution in [3.63, 3.8) is 0 Å². The molecule has 1 amide bonds. The van der Waals surface area contributed by atoms with E-state index in [1.54, 1.807) is 6.08 Å². The number of hydrogen-bond donors (Lipinski definition) is 2. The van der Waals surface area contributed by atoms with E-state index in [0.717, 1.165) is 51.4 Å². The summed E-state index contributed by atoms with van der Waals surface area (Å²) < 4.78 is 23.3. The van der Waals surface area contributed by atoms with Crippen LogP contribution < -0.4 is 10.2 Å². The second-order valence-corrected chi connectivity index (χ2v) is 22.1. The maximum atomic E-state index is 12.9. The van der Waals surface area contributed by atoms with Crippen LogP contribution >= 0.6 is 7.82 Å². The topological polar surface area (TPSA) is 108 Å². The molecule has 0 heterocycles. The first-order chi connectivity index (χ1) is 31.5. The molecule has 3 atom stereocenters. The standard InChI is InChI=1S/C56H111N2O6P/c1-6-8-10-12-14-16-18-20-22-23-24-25-26-27-28-29-30-31-32-33-34-35-36-37-39-41-43-45-47-49-55(59)54(53-64-65(61,62)63-52-51-58(3,4)5)57-56(60)50-48-46-44-42-40-38-21-19-17-15-13-11-9-7-2/h19,21,47,49,54-55,59H,6-18,20,22-46,48,50-53H2,1-5H3,(H-,57,60,61,62)/b21-19-,49-47+. The zero-order valence-corrected chi connectivity index (χ0v) is 44.9. The zero-order chi connectivity index (χ0) is 47.8. The highest BCUT2D eigenvalue weighted by molar-refractivity contribution is 7.45. The number of carbonyl (C=O) groups is 1. The molecule has 0 fully saturated rings. The van der Waals surface area contributed by atoms with E-state index in [1.807, 2.05) is 27.2 Å². The Morgan fingerprint density at radius 1 is 0.523 bits per heavy atom. The summed E-state index contributed by atoms with van der Waals surface area (Å²) in [5.41, 5.74) is 0. The number of carbonyl (C=O) groups excluding carboxylic acids is 1. The summed E-state index contributed by atoms with van der Waals surface area (Å²) in [6, 6.07) is -0.889. The second kappa shape index (κ2) is 48.0. The largest absolute Gasteiger partial charge is 0.756 e. The number of aliphatic hydroxyl groups excluding tert-OH is 1. The minimum Gasteiger partial charge on any atom is -0.756 e. The Hall–Kier alpha value is -1.02. The van der Waals surface area contributed by atoms with Crippen molar-refractivity contribution in [2.45, 2.75) is 289 Å². The van der Waals surface area contributed by atoms with E-state index >= 15 is 0 Å². The van der Waals surface area contributed by atoms with Crippen LogP contribution in [0.1, 0.15) is 277 Å². The van der Waals surface area contributed by atoms with Gasteiger partial charge in [-0.15, -0.1) is 0 Å². The van der Waals surface area contributed by atoms with Crippen molar-refractivity contribution < 1.29 is 32.9 Å². The number of quaternary nitrogens is 1. The molecule has 0 spiro atoms. The van der Waals surface area contributed by atoms with E-state index in [0.29, 0.717) is 17.4 Å². The van der Waals surface area contributed by atoms with Crippen LogP contribution in [-0.2, 0) is 18.4 Å². The normalized spacial score (nSPS) is 14.1. The first-order valence-corrected chi connectivity index (χ1v) is 29.7. The van der Waals surface area contributed by atoms with Crippen molar-refractivity contribution in [2.24, 2.45) is 0 Å². The summed E-state index contributed by atoms with van der Waals surface area (Å²) in [4.78, 5) is 25.4. The summed E-state index contributed by atoms with van der Waals surface area (Å²) in [7, 11) is 1.26. The Kier molecular flexibility index (Phi) is 47.3. The summed E-state index contributed by atoms with van der Waals surface area (Å²) in [6.07, 6.45) is 59.7. The van der Waals surface area contributed by atoms with Crippen LogP contribution in [0.3, 0.4) is 0 Å². The van der Waals surface area contributed by atoms with Crippen molar-refractivity contribution in [3.8, 4) is 0 Å². The number of phosphoric ester groups is 1. The Morgan fingerprint density at radius 2 is 0.846 bits per heavy atom. The van der Waals surface area contributed by atoms with Gasteiger partial charge >= 0.3 is 0 Å². The fourth-order valence-electron chi connectivity index (χ4n) is 8.44. The highest BCUT2D eigenvalue weighted by Gasteiger charge is 2.23. The smallest absolute Gasteiger partial charge is 0.268 e. The quantitative estimate of drug-likeness (QED) is 0.0272. The predicted octanol–water partition coefficient (Wildman–Crippen LogP) is 16.2. The maximum absolute atomic E-state index is 12.9. The lowest BCUT2D eigenvalue weighted by atomic mass is 10.0. The molecule has 0 aromatic heterocycles. The lowest BCUT2D eigenvalue weighted by molar-refractivity contribution is -0.870. The molecule has 0 saturated heterocycles. The van der Waals surface area contributed by atoms with Crippen LogP contribution in [0.25, 0.3) is 0 Å². The van der Waals surface area contributed by atoms with E-state index in [1.165, 1.54) is 205 Å². The molecule has 65 heavy (non-hydrogen) atoms. The molecule has 0 aromatic rings. The minimum absolute atomic E-state index is 0.00117. The van der Waals surface area contributed by atoms with Crippen molar-refractivity contribution in [1.82, 2.24) is 5.32 Å². The molecular formula is C56H111N2O6P. The van der Waals surface area contributed by atoms with Gasteiger partial charge in [0.05, 0.1) is 39.9 Å². The number of amides is 1. The molecule has 0 aliphatic carbocycles. The molecule has 0 rings (SSSR count). The van der Waals surface area contributed by atoms with Crippen LogP contribution in [-0.4, -0.2) is 68.5 Å². The van der Waals surface area contributed by atoms with Gasteiger partial charge in [-0.1, -0.05) is 250 Å². The van der Waals surface area contributed by atoms with Crippen LogP contribution in [0.5, 0.6) is 0 Å². The number of nitrogens with one attached hydrogen (secondary N) is 1.